The van der Waals surface area contributed by atoms with Crippen LogP contribution in [0, 0.1) is 0 Å². The number of hydrogen-bond acceptors (Lipinski definition) is 4. The zero-order valence-corrected chi connectivity index (χ0v) is 19.5. The Morgan fingerprint density at radius 3 is 1.62 bits per heavy atom. The van der Waals surface area contributed by atoms with Crippen LogP contribution in [0.15, 0.2) is 132 Å². The van der Waals surface area contributed by atoms with E-state index >= 15 is 0 Å². The Hall–Kier alpha value is -5.09. The van der Waals surface area contributed by atoms with Gasteiger partial charge in [0.1, 0.15) is 11.2 Å². The predicted molar refractivity (Wildman–Crippen MR) is 149 cm³/mol. The summed E-state index contributed by atoms with van der Waals surface area (Å²) >= 11 is 0. The molecule has 0 radical (unpaired) electrons. The van der Waals surface area contributed by atoms with Crippen molar-refractivity contribution >= 4 is 21.9 Å². The summed E-state index contributed by atoms with van der Waals surface area (Å²) in [6, 6.07) is 29.0. The Balaban J connectivity index is 1.45. The van der Waals surface area contributed by atoms with Crippen molar-refractivity contribution in [3.8, 4) is 45.3 Å². The summed E-state index contributed by atoms with van der Waals surface area (Å²) < 4.78 is 47.5. The van der Waals surface area contributed by atoms with E-state index in [1.165, 1.54) is 0 Å². The lowest BCUT2D eigenvalue weighted by Crippen LogP contribution is -2.00. The second kappa shape index (κ2) is 8.85. The van der Waals surface area contributed by atoms with Gasteiger partial charge in [0, 0.05) is 27.5 Å². The van der Waals surface area contributed by atoms with Crippen LogP contribution in [0.1, 0.15) is 6.85 Å². The van der Waals surface area contributed by atoms with E-state index in [0.29, 0.717) is 28.4 Å². The molecule has 0 aliphatic heterocycles. The van der Waals surface area contributed by atoms with Crippen LogP contribution in [0.3, 0.4) is 0 Å². The van der Waals surface area contributed by atoms with E-state index in [1.54, 1.807) is 0 Å². The van der Waals surface area contributed by atoms with Crippen molar-refractivity contribution in [1.29, 1.82) is 0 Å². The van der Waals surface area contributed by atoms with Crippen LogP contribution in [0.4, 0.5) is 0 Å². The molecule has 5 aromatic carbocycles. The first-order valence-corrected chi connectivity index (χ1v) is 11.8. The molecule has 0 atom stereocenters. The van der Waals surface area contributed by atoms with E-state index in [9.17, 15) is 0 Å². The van der Waals surface area contributed by atoms with E-state index in [0.717, 1.165) is 27.5 Å². The molecule has 0 saturated carbocycles. The summed E-state index contributed by atoms with van der Waals surface area (Å²) in [5, 5.41) is 1.82. The van der Waals surface area contributed by atoms with Crippen molar-refractivity contribution < 1.29 is 11.3 Å². The summed E-state index contributed by atoms with van der Waals surface area (Å²) in [4.78, 5) is 14.0. The van der Waals surface area contributed by atoms with Crippen molar-refractivity contribution in [1.82, 2.24) is 15.0 Å². The number of furan rings is 1. The Morgan fingerprint density at radius 1 is 0.459 bits per heavy atom. The predicted octanol–water partition coefficient (Wildman–Crippen LogP) is 8.44. The van der Waals surface area contributed by atoms with Gasteiger partial charge in [0.05, 0.1) is 6.85 Å². The Labute approximate surface area is 221 Å². The summed E-state index contributed by atoms with van der Waals surface area (Å²) in [5.41, 5.74) is 4.92. The molecule has 174 valence electrons. The van der Waals surface area contributed by atoms with Crippen LogP contribution in [-0.4, -0.2) is 15.0 Å². The minimum absolute atomic E-state index is 0.000587. The molecule has 0 fully saturated rings. The van der Waals surface area contributed by atoms with Crippen molar-refractivity contribution in [3.63, 3.8) is 0 Å². The van der Waals surface area contributed by atoms with Gasteiger partial charge in [-0.3, -0.25) is 0 Å². The van der Waals surface area contributed by atoms with E-state index in [1.807, 2.05) is 78.9 Å². The van der Waals surface area contributed by atoms with Crippen molar-refractivity contribution in [2.75, 3.05) is 0 Å². The van der Waals surface area contributed by atoms with Gasteiger partial charge in [-0.25, -0.2) is 15.0 Å². The quantitative estimate of drug-likeness (QED) is 0.254. The van der Waals surface area contributed by atoms with Gasteiger partial charge in [-0.15, -0.1) is 0 Å². The van der Waals surface area contributed by atoms with Crippen molar-refractivity contribution in [3.05, 3.63) is 127 Å². The maximum Gasteiger partial charge on any atom is 0.164 e. The van der Waals surface area contributed by atoms with Crippen LogP contribution in [-0.2, 0) is 0 Å². The third kappa shape index (κ3) is 3.95. The first kappa shape index (κ1) is 16.6. The first-order chi connectivity index (χ1) is 20.4. The Kier molecular flexibility index (Phi) is 3.96. The molecule has 0 saturated heterocycles. The van der Waals surface area contributed by atoms with Crippen LogP contribution in [0.25, 0.3) is 67.2 Å². The Bertz CT molecular complexity index is 2120. The minimum atomic E-state index is -0.474. The highest BCUT2D eigenvalue weighted by Gasteiger charge is 2.15. The van der Waals surface area contributed by atoms with Gasteiger partial charge in [-0.05, 0) is 41.5 Å². The molecule has 0 spiro atoms. The molecule has 0 N–H and O–H groups in total. The van der Waals surface area contributed by atoms with Gasteiger partial charge in [0.2, 0.25) is 0 Å². The highest BCUT2D eigenvalue weighted by molar-refractivity contribution is 6.07. The molecule has 7 aromatic rings. The van der Waals surface area contributed by atoms with Gasteiger partial charge in [-0.1, -0.05) is 96.9 Å². The summed E-state index contributed by atoms with van der Waals surface area (Å²) in [5.74, 6) is 0.631. The van der Waals surface area contributed by atoms with Crippen LogP contribution < -0.4 is 0 Å². The van der Waals surface area contributed by atoms with E-state index in [4.69, 9.17) is 16.3 Å². The number of benzene rings is 5. The zero-order valence-electron chi connectivity index (χ0n) is 24.5. The van der Waals surface area contributed by atoms with Crippen molar-refractivity contribution in [2.45, 2.75) is 0 Å². The molecule has 0 unspecified atom stereocenters. The third-order valence-corrected chi connectivity index (χ3v) is 6.23. The molecule has 2 heterocycles. The number of fused-ring (bicyclic) bond motifs is 3. The van der Waals surface area contributed by atoms with Crippen LogP contribution >= 0.6 is 0 Å². The maximum absolute atomic E-state index is 8.51. The standard InChI is InChI=1S/C33H21N3O/c1-4-10-22(11-5-1)25-16-18-29-27(20-25)28-21-26(17-19-30(28)37-29)33-35-31(23-12-6-2-7-13-23)34-32(36-33)24-14-8-3-9-15-24/h1-21H/i2D,6D,7D,12D,13D. The third-order valence-electron chi connectivity index (χ3n) is 6.23. The normalized spacial score (nSPS) is 13.1. The SMILES string of the molecule is [2H]c1c([2H])c([2H])c(-c2nc(-c3ccccc3)nc(-c3ccc4oc5ccc(-c6ccccc6)cc5c4c3)n2)c([2H])c1[2H]. The van der Waals surface area contributed by atoms with Crippen LogP contribution in [0.5, 0.6) is 0 Å². The Morgan fingerprint density at radius 2 is 0.973 bits per heavy atom. The molecule has 4 nitrogen and oxygen atoms in total. The average Bonchev–Trinajstić information content (AvgIpc) is 3.41. The summed E-state index contributed by atoms with van der Waals surface area (Å²) in [6.07, 6.45) is 0. The molecule has 0 bridgehead atoms. The molecule has 37 heavy (non-hydrogen) atoms. The topological polar surface area (TPSA) is 51.8 Å². The lowest BCUT2D eigenvalue weighted by Gasteiger charge is -2.08. The molecule has 0 aliphatic carbocycles. The van der Waals surface area contributed by atoms with Gasteiger partial charge in [-0.2, -0.15) is 0 Å². The lowest BCUT2D eigenvalue weighted by molar-refractivity contribution is 0.669. The molecule has 0 aliphatic rings. The second-order valence-corrected chi connectivity index (χ2v) is 8.56. The summed E-state index contributed by atoms with van der Waals surface area (Å²) in [6.45, 7) is 0. The van der Waals surface area contributed by atoms with E-state index in [-0.39, 0.29) is 23.5 Å². The fraction of sp³-hybridized carbons (Fsp3) is 0. The average molecular weight is 481 g/mol. The fourth-order valence-electron chi connectivity index (χ4n) is 4.42. The minimum Gasteiger partial charge on any atom is -0.456 e. The highest BCUT2D eigenvalue weighted by Crippen LogP contribution is 2.35. The highest BCUT2D eigenvalue weighted by atomic mass is 16.3. The van der Waals surface area contributed by atoms with Crippen LogP contribution in [0.2, 0.25) is 0 Å². The van der Waals surface area contributed by atoms with Gasteiger partial charge in [0.15, 0.2) is 17.5 Å². The summed E-state index contributed by atoms with van der Waals surface area (Å²) in [7, 11) is 0. The lowest BCUT2D eigenvalue weighted by atomic mass is 10.0. The molecule has 7 rings (SSSR count). The number of nitrogens with zero attached hydrogens (tertiary/aromatic N) is 3. The smallest absolute Gasteiger partial charge is 0.164 e. The fourth-order valence-corrected chi connectivity index (χ4v) is 4.42. The molecule has 2 aromatic heterocycles. The first-order valence-electron chi connectivity index (χ1n) is 14.3. The largest absolute Gasteiger partial charge is 0.456 e. The van der Waals surface area contributed by atoms with Gasteiger partial charge >= 0.3 is 0 Å². The molecule has 4 heteroatoms. The van der Waals surface area contributed by atoms with E-state index in [2.05, 4.69) is 28.2 Å². The van der Waals surface area contributed by atoms with Gasteiger partial charge in [0.25, 0.3) is 0 Å². The molecular formula is C33H21N3O. The number of rotatable bonds is 4. The molecular weight excluding hydrogens is 454 g/mol. The monoisotopic (exact) mass is 480 g/mol. The molecule has 0 amide bonds. The zero-order chi connectivity index (χ0) is 29.0. The van der Waals surface area contributed by atoms with Gasteiger partial charge < -0.3 is 4.42 Å². The second-order valence-electron chi connectivity index (χ2n) is 8.56. The number of hydrogen-bond donors (Lipinski definition) is 0. The van der Waals surface area contributed by atoms with Crippen molar-refractivity contribution in [2.24, 2.45) is 0 Å². The van der Waals surface area contributed by atoms with E-state index < -0.39 is 18.1 Å². The maximum atomic E-state index is 8.51. The number of aromatic nitrogens is 3.